The van der Waals surface area contributed by atoms with Crippen LogP contribution in [0, 0.1) is 6.92 Å². The van der Waals surface area contributed by atoms with Gasteiger partial charge in [0.25, 0.3) is 0 Å². The van der Waals surface area contributed by atoms with Gasteiger partial charge in [0.05, 0.1) is 5.69 Å². The number of nitrogens with zero attached hydrogens (tertiary/aromatic N) is 4. The molecular weight excluding hydrogens is 250 g/mol. The van der Waals surface area contributed by atoms with Crippen LogP contribution in [0.4, 0.5) is 0 Å². The molecule has 110 valence electrons. The average Bonchev–Trinajstić information content (AvgIpc) is 2.90. The largest absolute Gasteiger partial charge is 0.338 e. The van der Waals surface area contributed by atoms with Gasteiger partial charge in [-0.25, -0.2) is 4.98 Å². The standard InChI is InChI=1S/C15H25N5/c1-12-13(10-17-15(2,3)4)11-20(18-12)8-6-14-16-7-9-19(14)5/h7,9,11,17H,6,8,10H2,1-5H3. The fourth-order valence-corrected chi connectivity index (χ4v) is 2.06. The third-order valence-corrected chi connectivity index (χ3v) is 3.34. The van der Waals surface area contributed by atoms with E-state index in [0.717, 1.165) is 31.0 Å². The molecule has 5 nitrogen and oxygen atoms in total. The van der Waals surface area contributed by atoms with Gasteiger partial charge >= 0.3 is 0 Å². The molecule has 0 amide bonds. The molecule has 2 aromatic heterocycles. The number of hydrogen-bond donors (Lipinski definition) is 1. The minimum atomic E-state index is 0.126. The zero-order valence-corrected chi connectivity index (χ0v) is 13.1. The third kappa shape index (κ3) is 3.93. The van der Waals surface area contributed by atoms with Gasteiger partial charge in [-0.05, 0) is 27.7 Å². The molecule has 0 atom stereocenters. The molecule has 0 aliphatic heterocycles. The Morgan fingerprint density at radius 2 is 2.05 bits per heavy atom. The molecule has 2 aromatic rings. The average molecular weight is 275 g/mol. The summed E-state index contributed by atoms with van der Waals surface area (Å²) >= 11 is 0. The van der Waals surface area contributed by atoms with Crippen LogP contribution in [0.3, 0.4) is 0 Å². The minimum Gasteiger partial charge on any atom is -0.338 e. The van der Waals surface area contributed by atoms with Crippen LogP contribution in [0.5, 0.6) is 0 Å². The Morgan fingerprint density at radius 1 is 1.30 bits per heavy atom. The van der Waals surface area contributed by atoms with Crippen LogP contribution >= 0.6 is 0 Å². The Morgan fingerprint density at radius 3 is 2.65 bits per heavy atom. The molecule has 0 saturated heterocycles. The molecule has 0 saturated carbocycles. The maximum atomic E-state index is 4.58. The molecule has 0 unspecified atom stereocenters. The summed E-state index contributed by atoms with van der Waals surface area (Å²) in [4.78, 5) is 4.34. The summed E-state index contributed by atoms with van der Waals surface area (Å²) in [6.07, 6.45) is 6.85. The quantitative estimate of drug-likeness (QED) is 0.908. The molecule has 0 aliphatic carbocycles. The van der Waals surface area contributed by atoms with Crippen molar-refractivity contribution in [2.45, 2.75) is 52.7 Å². The summed E-state index contributed by atoms with van der Waals surface area (Å²) < 4.78 is 4.07. The summed E-state index contributed by atoms with van der Waals surface area (Å²) in [7, 11) is 2.02. The molecule has 20 heavy (non-hydrogen) atoms. The van der Waals surface area contributed by atoms with Gasteiger partial charge in [-0.1, -0.05) is 0 Å². The van der Waals surface area contributed by atoms with E-state index < -0.39 is 0 Å². The fourth-order valence-electron chi connectivity index (χ4n) is 2.06. The first-order valence-corrected chi connectivity index (χ1v) is 7.09. The van der Waals surface area contributed by atoms with E-state index in [4.69, 9.17) is 0 Å². The lowest BCUT2D eigenvalue weighted by molar-refractivity contribution is 0.423. The van der Waals surface area contributed by atoms with Crippen LogP contribution in [0.25, 0.3) is 0 Å². The van der Waals surface area contributed by atoms with Crippen molar-refractivity contribution < 1.29 is 0 Å². The lowest BCUT2D eigenvalue weighted by Gasteiger charge is -2.20. The highest BCUT2D eigenvalue weighted by atomic mass is 15.3. The molecular formula is C15H25N5. The van der Waals surface area contributed by atoms with Crippen molar-refractivity contribution in [3.8, 4) is 0 Å². The molecule has 1 N–H and O–H groups in total. The molecule has 0 aromatic carbocycles. The van der Waals surface area contributed by atoms with E-state index >= 15 is 0 Å². The molecule has 5 heteroatoms. The molecule has 2 rings (SSSR count). The fraction of sp³-hybridized carbons (Fsp3) is 0.600. The molecule has 0 aliphatic rings. The molecule has 0 spiro atoms. The minimum absolute atomic E-state index is 0.126. The van der Waals surface area contributed by atoms with E-state index in [9.17, 15) is 0 Å². The first-order valence-electron chi connectivity index (χ1n) is 7.09. The zero-order valence-electron chi connectivity index (χ0n) is 13.1. The van der Waals surface area contributed by atoms with E-state index in [0.29, 0.717) is 0 Å². The highest BCUT2D eigenvalue weighted by Gasteiger charge is 2.11. The number of nitrogens with one attached hydrogen (secondary N) is 1. The maximum absolute atomic E-state index is 4.58. The lowest BCUT2D eigenvalue weighted by atomic mass is 10.1. The summed E-state index contributed by atoms with van der Waals surface area (Å²) in [5.74, 6) is 1.09. The number of aromatic nitrogens is 4. The summed E-state index contributed by atoms with van der Waals surface area (Å²) in [6.45, 7) is 10.3. The zero-order chi connectivity index (χ0) is 14.8. The van der Waals surface area contributed by atoms with Crippen LogP contribution in [0.2, 0.25) is 0 Å². The van der Waals surface area contributed by atoms with Gasteiger partial charge < -0.3 is 9.88 Å². The van der Waals surface area contributed by atoms with Crippen LogP contribution in [0.15, 0.2) is 18.6 Å². The lowest BCUT2D eigenvalue weighted by Crippen LogP contribution is -2.35. The Labute approximate surface area is 121 Å². The van der Waals surface area contributed by atoms with Gasteiger partial charge in [-0.3, -0.25) is 4.68 Å². The number of hydrogen-bond acceptors (Lipinski definition) is 3. The Balaban J connectivity index is 1.95. The maximum Gasteiger partial charge on any atom is 0.110 e. The van der Waals surface area contributed by atoms with E-state index in [1.54, 1.807) is 0 Å². The predicted octanol–water partition coefficient (Wildman–Crippen LogP) is 2.06. The molecule has 0 bridgehead atoms. The molecule has 0 fully saturated rings. The first-order chi connectivity index (χ1) is 9.35. The van der Waals surface area contributed by atoms with E-state index in [1.807, 2.05) is 24.1 Å². The summed E-state index contributed by atoms with van der Waals surface area (Å²) in [5, 5.41) is 8.08. The predicted molar refractivity (Wildman–Crippen MR) is 80.5 cm³/mol. The Bertz CT molecular complexity index is 559. The summed E-state index contributed by atoms with van der Waals surface area (Å²) in [6, 6.07) is 0. The normalized spacial score (nSPS) is 12.1. The molecule has 2 heterocycles. The monoisotopic (exact) mass is 275 g/mol. The van der Waals surface area contributed by atoms with Crippen molar-refractivity contribution >= 4 is 0 Å². The van der Waals surface area contributed by atoms with Crippen molar-refractivity contribution in [3.63, 3.8) is 0 Å². The number of rotatable bonds is 5. The Kier molecular flexibility index (Phi) is 4.28. The smallest absolute Gasteiger partial charge is 0.110 e. The van der Waals surface area contributed by atoms with Gasteiger partial charge in [0.2, 0.25) is 0 Å². The highest BCUT2D eigenvalue weighted by molar-refractivity contribution is 5.15. The summed E-state index contributed by atoms with van der Waals surface area (Å²) in [5.41, 5.74) is 2.49. The molecule has 0 radical (unpaired) electrons. The number of aryl methyl sites for hydroxylation is 4. The Hall–Kier alpha value is -1.62. The van der Waals surface area contributed by atoms with Crippen LogP contribution in [-0.4, -0.2) is 24.9 Å². The van der Waals surface area contributed by atoms with Crippen molar-refractivity contribution in [2.75, 3.05) is 0 Å². The third-order valence-electron chi connectivity index (χ3n) is 3.34. The van der Waals surface area contributed by atoms with Gasteiger partial charge in [-0.2, -0.15) is 5.10 Å². The van der Waals surface area contributed by atoms with Gasteiger partial charge in [0.15, 0.2) is 0 Å². The van der Waals surface area contributed by atoms with Gasteiger partial charge in [0, 0.05) is 56.3 Å². The first kappa shape index (κ1) is 14.8. The second kappa shape index (κ2) is 5.79. The van der Waals surface area contributed by atoms with Crippen LogP contribution < -0.4 is 5.32 Å². The van der Waals surface area contributed by atoms with Crippen molar-refractivity contribution in [3.05, 3.63) is 35.7 Å². The van der Waals surface area contributed by atoms with Crippen molar-refractivity contribution in [2.24, 2.45) is 7.05 Å². The van der Waals surface area contributed by atoms with E-state index in [2.05, 4.69) is 53.9 Å². The van der Waals surface area contributed by atoms with E-state index in [1.165, 1.54) is 5.56 Å². The van der Waals surface area contributed by atoms with Gasteiger partial charge in [-0.15, -0.1) is 0 Å². The van der Waals surface area contributed by atoms with Crippen LogP contribution in [-0.2, 0) is 26.6 Å². The van der Waals surface area contributed by atoms with Crippen LogP contribution in [0.1, 0.15) is 37.9 Å². The highest BCUT2D eigenvalue weighted by Crippen LogP contribution is 2.09. The topological polar surface area (TPSA) is 47.7 Å². The number of imidazole rings is 1. The second-order valence-corrected chi connectivity index (χ2v) is 6.31. The van der Waals surface area contributed by atoms with Crippen molar-refractivity contribution in [1.82, 2.24) is 24.6 Å². The van der Waals surface area contributed by atoms with Crippen molar-refractivity contribution in [1.29, 1.82) is 0 Å². The van der Waals surface area contributed by atoms with E-state index in [-0.39, 0.29) is 5.54 Å². The second-order valence-electron chi connectivity index (χ2n) is 6.31. The SMILES string of the molecule is Cc1nn(CCc2nccn2C)cc1CNC(C)(C)C. The van der Waals surface area contributed by atoms with Gasteiger partial charge in [0.1, 0.15) is 5.82 Å².